The number of rotatable bonds is 10. The lowest BCUT2D eigenvalue weighted by Gasteiger charge is -2.32. The van der Waals surface area contributed by atoms with E-state index in [9.17, 15) is 14.7 Å². The number of aliphatic hydroxyl groups is 1. The normalized spacial score (nSPS) is 14.5. The number of aliphatic hydroxyl groups excluding tert-OH is 1. The van der Waals surface area contributed by atoms with E-state index < -0.39 is 5.97 Å². The second-order valence-electron chi connectivity index (χ2n) is 8.29. The molecule has 0 aliphatic carbocycles. The fourth-order valence-corrected chi connectivity index (χ4v) is 3.74. The van der Waals surface area contributed by atoms with Crippen molar-refractivity contribution in [3.8, 4) is 5.75 Å². The van der Waals surface area contributed by atoms with Crippen LogP contribution in [0, 0.1) is 5.92 Å². The number of hydrogen-bond acceptors (Lipinski definition) is 7. The van der Waals surface area contributed by atoms with Crippen molar-refractivity contribution in [2.45, 2.75) is 33.6 Å². The highest BCUT2D eigenvalue weighted by Gasteiger charge is 2.21. The molecule has 38 heavy (non-hydrogen) atoms. The first-order chi connectivity index (χ1) is 18.4. The summed E-state index contributed by atoms with van der Waals surface area (Å²) in [5, 5.41) is 21.7. The van der Waals surface area contributed by atoms with Gasteiger partial charge in [-0.2, -0.15) is 0 Å². The molecule has 2 heterocycles. The molecule has 1 aromatic carbocycles. The molecule has 1 amide bonds. The summed E-state index contributed by atoms with van der Waals surface area (Å²) in [6, 6.07) is 10.2. The lowest BCUT2D eigenvalue weighted by atomic mass is 9.98. The summed E-state index contributed by atoms with van der Waals surface area (Å²) in [6.07, 6.45) is 9.08. The number of carbonyl (C=O) groups is 2. The van der Waals surface area contributed by atoms with Gasteiger partial charge >= 0.3 is 5.97 Å². The van der Waals surface area contributed by atoms with E-state index >= 15 is 0 Å². The summed E-state index contributed by atoms with van der Waals surface area (Å²) in [5.41, 5.74) is 1.07. The van der Waals surface area contributed by atoms with Crippen molar-refractivity contribution >= 4 is 23.4 Å². The third kappa shape index (κ3) is 9.31. The Labute approximate surface area is 224 Å². The van der Waals surface area contributed by atoms with Gasteiger partial charge in [-0.15, -0.1) is 0 Å². The van der Waals surface area contributed by atoms with Crippen molar-refractivity contribution in [1.29, 1.82) is 0 Å². The molecule has 0 atom stereocenters. The predicted molar refractivity (Wildman–Crippen MR) is 149 cm³/mol. The molecule has 1 aliphatic rings. The molecule has 0 spiro atoms. The third-order valence-corrected chi connectivity index (χ3v) is 5.76. The molecular weight excluding hydrogens is 486 g/mol. The SMILES string of the molecule is CC.C\C=C(/C=C(O)\C=C\OC)C(=O)Nc1ccc(N2CCC(COc3cccc(C(=O)O)c3)CC2)nc1. The molecule has 3 N–H and O–H groups in total. The number of ether oxygens (including phenoxy) is 2. The van der Waals surface area contributed by atoms with E-state index in [0.29, 0.717) is 29.5 Å². The molecule has 9 heteroatoms. The highest BCUT2D eigenvalue weighted by molar-refractivity contribution is 6.05. The van der Waals surface area contributed by atoms with Gasteiger partial charge in [-0.3, -0.25) is 4.79 Å². The minimum absolute atomic E-state index is 0.101. The first-order valence-corrected chi connectivity index (χ1v) is 12.6. The van der Waals surface area contributed by atoms with Crippen molar-refractivity contribution in [2.75, 3.05) is 37.0 Å². The zero-order valence-corrected chi connectivity index (χ0v) is 22.4. The van der Waals surface area contributed by atoms with Crippen LogP contribution in [-0.2, 0) is 9.53 Å². The number of allylic oxidation sites excluding steroid dienone is 2. The Hall–Kier alpha value is -4.27. The van der Waals surface area contributed by atoms with Gasteiger partial charge in [0.1, 0.15) is 17.3 Å². The van der Waals surface area contributed by atoms with E-state index in [-0.39, 0.29) is 17.2 Å². The van der Waals surface area contributed by atoms with Crippen LogP contribution >= 0.6 is 0 Å². The zero-order valence-electron chi connectivity index (χ0n) is 22.4. The standard InChI is InChI=1S/C27H31N3O6.C2H6/c1-3-20(15-23(31)11-14-35-2)26(32)29-22-7-8-25(28-17-22)30-12-9-19(10-13-30)18-36-24-6-4-5-21(16-24)27(33)34;1-2/h3-8,11,14-17,19,31H,9-10,12-13,18H2,1-2H3,(H,29,32)(H,33,34);1-2H3/b14-11+,20-3+,23-15+;. The monoisotopic (exact) mass is 523 g/mol. The van der Waals surface area contributed by atoms with Gasteiger partial charge in [0.05, 0.1) is 37.4 Å². The Morgan fingerprint density at radius 3 is 2.50 bits per heavy atom. The first kappa shape index (κ1) is 30.0. The van der Waals surface area contributed by atoms with Crippen LogP contribution in [0.2, 0.25) is 0 Å². The molecular formula is C29H37N3O6. The quantitative estimate of drug-likeness (QED) is 0.209. The number of hydrogen-bond donors (Lipinski definition) is 3. The highest BCUT2D eigenvalue weighted by atomic mass is 16.5. The summed E-state index contributed by atoms with van der Waals surface area (Å²) in [7, 11) is 1.46. The Morgan fingerprint density at radius 1 is 1.16 bits per heavy atom. The fraction of sp³-hybridized carbons (Fsp3) is 0.345. The number of piperidine rings is 1. The first-order valence-electron chi connectivity index (χ1n) is 12.6. The number of carbonyl (C=O) groups excluding carboxylic acids is 1. The zero-order chi connectivity index (χ0) is 27.9. The van der Waals surface area contributed by atoms with E-state index in [2.05, 4.69) is 15.2 Å². The van der Waals surface area contributed by atoms with Crippen LogP contribution in [0.15, 0.2) is 78.4 Å². The summed E-state index contributed by atoms with van der Waals surface area (Å²) in [6.45, 7) is 7.89. The van der Waals surface area contributed by atoms with Gasteiger partial charge in [-0.1, -0.05) is 26.0 Å². The Bertz CT molecular complexity index is 1130. The van der Waals surface area contributed by atoms with E-state index in [4.69, 9.17) is 14.6 Å². The number of nitrogens with zero attached hydrogens (tertiary/aromatic N) is 2. The van der Waals surface area contributed by atoms with Crippen LogP contribution in [0.3, 0.4) is 0 Å². The Morgan fingerprint density at radius 2 is 1.89 bits per heavy atom. The van der Waals surface area contributed by atoms with Gasteiger partial charge < -0.3 is 29.9 Å². The number of aromatic carboxylic acids is 1. The smallest absolute Gasteiger partial charge is 0.335 e. The largest absolute Gasteiger partial charge is 0.508 e. The van der Waals surface area contributed by atoms with E-state index in [0.717, 1.165) is 31.7 Å². The van der Waals surface area contributed by atoms with Crippen molar-refractivity contribution in [3.05, 3.63) is 84.0 Å². The van der Waals surface area contributed by atoms with Gasteiger partial charge in [0.2, 0.25) is 0 Å². The Kier molecular flexibility index (Phi) is 12.4. The average molecular weight is 524 g/mol. The predicted octanol–water partition coefficient (Wildman–Crippen LogP) is 5.59. The maximum atomic E-state index is 12.5. The number of benzene rings is 1. The molecule has 1 saturated heterocycles. The maximum Gasteiger partial charge on any atom is 0.335 e. The molecule has 2 aromatic rings. The summed E-state index contributed by atoms with van der Waals surface area (Å²) in [4.78, 5) is 30.3. The number of amides is 1. The Balaban J connectivity index is 0.00000247. The summed E-state index contributed by atoms with van der Waals surface area (Å²) < 4.78 is 10.6. The maximum absolute atomic E-state index is 12.5. The lowest BCUT2D eigenvalue weighted by molar-refractivity contribution is -0.112. The molecule has 0 saturated carbocycles. The molecule has 1 fully saturated rings. The second-order valence-corrected chi connectivity index (χ2v) is 8.29. The van der Waals surface area contributed by atoms with Gasteiger partial charge in [0.15, 0.2) is 0 Å². The topological polar surface area (TPSA) is 121 Å². The summed E-state index contributed by atoms with van der Waals surface area (Å²) >= 11 is 0. The number of aromatic nitrogens is 1. The second kappa shape index (κ2) is 15.8. The van der Waals surface area contributed by atoms with Crippen LogP contribution < -0.4 is 15.0 Å². The minimum Gasteiger partial charge on any atom is -0.508 e. The molecule has 9 nitrogen and oxygen atoms in total. The molecule has 0 bridgehead atoms. The van der Waals surface area contributed by atoms with Crippen molar-refractivity contribution < 1.29 is 29.3 Å². The molecule has 0 unspecified atom stereocenters. The van der Waals surface area contributed by atoms with Crippen molar-refractivity contribution in [1.82, 2.24) is 4.98 Å². The van der Waals surface area contributed by atoms with Crippen LogP contribution in [0.1, 0.15) is 44.0 Å². The van der Waals surface area contributed by atoms with Gasteiger partial charge in [-0.05, 0) is 62.1 Å². The van der Waals surface area contributed by atoms with E-state index in [1.165, 1.54) is 25.5 Å². The number of methoxy groups -OCH3 is 1. The molecule has 1 aromatic heterocycles. The van der Waals surface area contributed by atoms with Crippen molar-refractivity contribution in [3.63, 3.8) is 0 Å². The van der Waals surface area contributed by atoms with E-state index in [1.807, 2.05) is 19.9 Å². The third-order valence-electron chi connectivity index (χ3n) is 5.76. The number of nitrogens with one attached hydrogen (secondary N) is 1. The lowest BCUT2D eigenvalue weighted by Crippen LogP contribution is -2.36. The number of pyridine rings is 1. The van der Waals surface area contributed by atoms with Crippen LogP contribution in [-0.4, -0.2) is 53.9 Å². The average Bonchev–Trinajstić information content (AvgIpc) is 2.95. The van der Waals surface area contributed by atoms with Gasteiger partial charge in [0.25, 0.3) is 5.91 Å². The van der Waals surface area contributed by atoms with Crippen molar-refractivity contribution in [2.24, 2.45) is 5.92 Å². The minimum atomic E-state index is -0.972. The van der Waals surface area contributed by atoms with Crippen LogP contribution in [0.25, 0.3) is 0 Å². The number of anilines is 2. The van der Waals surface area contributed by atoms with Gasteiger partial charge in [0, 0.05) is 24.7 Å². The molecule has 1 aliphatic heterocycles. The van der Waals surface area contributed by atoms with Crippen LogP contribution in [0.4, 0.5) is 11.5 Å². The van der Waals surface area contributed by atoms with E-state index in [1.54, 1.807) is 49.5 Å². The van der Waals surface area contributed by atoms with Gasteiger partial charge in [-0.25, -0.2) is 9.78 Å². The molecule has 0 radical (unpaired) electrons. The van der Waals surface area contributed by atoms with Crippen LogP contribution in [0.5, 0.6) is 5.75 Å². The molecule has 3 rings (SSSR count). The summed E-state index contributed by atoms with van der Waals surface area (Å²) in [5.74, 6) is 0.330. The highest BCUT2D eigenvalue weighted by Crippen LogP contribution is 2.24. The number of carboxylic acid groups (broad SMARTS) is 1. The number of carboxylic acids is 1. The molecule has 204 valence electrons. The fourth-order valence-electron chi connectivity index (χ4n) is 3.74.